The Bertz CT molecular complexity index is 575. The van der Waals surface area contributed by atoms with Gasteiger partial charge in [0.15, 0.2) is 5.96 Å². The number of hydrogen-bond donors (Lipinski definition) is 2. The second-order valence-corrected chi connectivity index (χ2v) is 7.38. The number of nitrogens with one attached hydrogen (secondary N) is 1. The lowest BCUT2D eigenvalue weighted by atomic mass is 9.95. The fraction of sp³-hybridized carbons (Fsp3) is 0.632. The Morgan fingerprint density at radius 1 is 1.36 bits per heavy atom. The van der Waals surface area contributed by atoms with E-state index in [1.54, 1.807) is 12.1 Å². The maximum atomic E-state index is 13.2. The molecule has 0 bridgehead atoms. The summed E-state index contributed by atoms with van der Waals surface area (Å²) >= 11 is 0. The van der Waals surface area contributed by atoms with Crippen molar-refractivity contribution < 1.29 is 14.2 Å². The molecular weight excluding hydrogens is 321 g/mol. The molecule has 1 aliphatic heterocycles. The Balaban J connectivity index is 2.16. The first-order valence-corrected chi connectivity index (χ1v) is 8.89. The number of halogens is 1. The number of rotatable bonds is 5. The van der Waals surface area contributed by atoms with Crippen LogP contribution < -0.4 is 5.32 Å². The third kappa shape index (κ3) is 5.68. The summed E-state index contributed by atoms with van der Waals surface area (Å²) in [5.74, 6) is 0.580. The van der Waals surface area contributed by atoms with Crippen molar-refractivity contribution >= 4 is 5.96 Å². The Morgan fingerprint density at radius 2 is 2.04 bits per heavy atom. The molecule has 1 fully saturated rings. The molecular formula is C19H30FN3O2. The van der Waals surface area contributed by atoms with Crippen molar-refractivity contribution in [1.29, 1.82) is 0 Å². The predicted octanol–water partition coefficient (Wildman–Crippen LogP) is 2.57. The molecule has 25 heavy (non-hydrogen) atoms. The fourth-order valence-electron chi connectivity index (χ4n) is 2.75. The highest BCUT2D eigenvalue weighted by molar-refractivity contribution is 5.80. The first-order chi connectivity index (χ1) is 11.8. The lowest BCUT2D eigenvalue weighted by molar-refractivity contribution is -0.0605. The number of ether oxygens (including phenoxy) is 1. The van der Waals surface area contributed by atoms with Crippen LogP contribution in [-0.4, -0.2) is 54.9 Å². The standard InChI is InChI=1S/C19H30FN3O2/c1-5-21-18(22-12-19(3,4)13-24)23-10-14(2)25-17(11-23)15-6-8-16(20)9-7-15/h6-9,14,17,24H,5,10-13H2,1-4H3,(H,21,22). The quantitative estimate of drug-likeness (QED) is 0.632. The summed E-state index contributed by atoms with van der Waals surface area (Å²) in [4.78, 5) is 6.89. The van der Waals surface area contributed by atoms with Crippen molar-refractivity contribution in [2.45, 2.75) is 39.9 Å². The van der Waals surface area contributed by atoms with E-state index >= 15 is 0 Å². The SMILES string of the molecule is CCNC(=NCC(C)(C)CO)N1CC(C)OC(c2ccc(F)cc2)C1. The largest absolute Gasteiger partial charge is 0.396 e. The van der Waals surface area contributed by atoms with Crippen molar-refractivity contribution in [3.05, 3.63) is 35.6 Å². The summed E-state index contributed by atoms with van der Waals surface area (Å²) in [5.41, 5.74) is 0.707. The normalized spacial score (nSPS) is 22.2. The second-order valence-electron chi connectivity index (χ2n) is 7.38. The van der Waals surface area contributed by atoms with Crippen molar-refractivity contribution in [2.75, 3.05) is 32.8 Å². The van der Waals surface area contributed by atoms with E-state index in [1.165, 1.54) is 12.1 Å². The molecule has 0 aromatic heterocycles. The molecule has 0 spiro atoms. The van der Waals surface area contributed by atoms with E-state index in [2.05, 4.69) is 10.2 Å². The molecule has 1 aromatic carbocycles. The first-order valence-electron chi connectivity index (χ1n) is 8.89. The van der Waals surface area contributed by atoms with Crippen LogP contribution >= 0.6 is 0 Å². The summed E-state index contributed by atoms with van der Waals surface area (Å²) in [5, 5.41) is 12.8. The minimum absolute atomic E-state index is 0.0403. The predicted molar refractivity (Wildman–Crippen MR) is 98.1 cm³/mol. The van der Waals surface area contributed by atoms with Crippen molar-refractivity contribution in [3.63, 3.8) is 0 Å². The van der Waals surface area contributed by atoms with Crippen molar-refractivity contribution in [2.24, 2.45) is 10.4 Å². The van der Waals surface area contributed by atoms with E-state index in [-0.39, 0.29) is 30.0 Å². The monoisotopic (exact) mass is 351 g/mol. The smallest absolute Gasteiger partial charge is 0.194 e. The molecule has 140 valence electrons. The van der Waals surface area contributed by atoms with Gasteiger partial charge in [-0.15, -0.1) is 0 Å². The zero-order chi connectivity index (χ0) is 18.4. The highest BCUT2D eigenvalue weighted by Gasteiger charge is 2.29. The van der Waals surface area contributed by atoms with E-state index in [0.29, 0.717) is 13.1 Å². The van der Waals surface area contributed by atoms with E-state index in [4.69, 9.17) is 9.73 Å². The van der Waals surface area contributed by atoms with Gasteiger partial charge in [0, 0.05) is 25.1 Å². The van der Waals surface area contributed by atoms with Gasteiger partial charge in [0.1, 0.15) is 11.9 Å². The molecule has 0 aliphatic carbocycles. The van der Waals surface area contributed by atoms with Crippen LogP contribution in [0.5, 0.6) is 0 Å². The fourth-order valence-corrected chi connectivity index (χ4v) is 2.75. The van der Waals surface area contributed by atoms with Gasteiger partial charge in [-0.25, -0.2) is 4.39 Å². The molecule has 1 aromatic rings. The van der Waals surface area contributed by atoms with Crippen LogP contribution in [-0.2, 0) is 4.74 Å². The summed E-state index contributed by atoms with van der Waals surface area (Å²) in [6.45, 7) is 10.8. The van der Waals surface area contributed by atoms with Crippen LogP contribution in [0.4, 0.5) is 4.39 Å². The molecule has 1 saturated heterocycles. The number of guanidine groups is 1. The summed E-state index contributed by atoms with van der Waals surface area (Å²) < 4.78 is 19.2. The van der Waals surface area contributed by atoms with Gasteiger partial charge in [-0.2, -0.15) is 0 Å². The molecule has 1 heterocycles. The zero-order valence-corrected chi connectivity index (χ0v) is 15.6. The lowest BCUT2D eigenvalue weighted by Crippen LogP contribution is -2.51. The molecule has 2 rings (SSSR count). The number of aliphatic hydroxyl groups excluding tert-OH is 1. The average molecular weight is 351 g/mol. The van der Waals surface area contributed by atoms with Gasteiger partial charge < -0.3 is 20.1 Å². The van der Waals surface area contributed by atoms with Crippen LogP contribution in [0.2, 0.25) is 0 Å². The molecule has 5 nitrogen and oxygen atoms in total. The van der Waals surface area contributed by atoms with Gasteiger partial charge in [-0.05, 0) is 31.5 Å². The second kappa shape index (κ2) is 8.63. The summed E-state index contributed by atoms with van der Waals surface area (Å²) in [7, 11) is 0. The van der Waals surface area contributed by atoms with Gasteiger partial charge in [0.05, 0.1) is 19.2 Å². The minimum atomic E-state index is -0.255. The van der Waals surface area contributed by atoms with Crippen LogP contribution in [0.3, 0.4) is 0 Å². The van der Waals surface area contributed by atoms with Crippen LogP contribution in [0.15, 0.2) is 29.3 Å². The Morgan fingerprint density at radius 3 is 2.64 bits per heavy atom. The van der Waals surface area contributed by atoms with Gasteiger partial charge in [-0.3, -0.25) is 4.99 Å². The summed E-state index contributed by atoms with van der Waals surface area (Å²) in [6, 6.07) is 6.47. The van der Waals surface area contributed by atoms with Gasteiger partial charge >= 0.3 is 0 Å². The van der Waals surface area contributed by atoms with Gasteiger partial charge in [0.25, 0.3) is 0 Å². The van der Waals surface area contributed by atoms with Gasteiger partial charge in [0.2, 0.25) is 0 Å². The maximum absolute atomic E-state index is 13.2. The van der Waals surface area contributed by atoms with Crippen molar-refractivity contribution in [1.82, 2.24) is 10.2 Å². The minimum Gasteiger partial charge on any atom is -0.396 e. The Kier molecular flexibility index (Phi) is 6.79. The van der Waals surface area contributed by atoms with E-state index < -0.39 is 0 Å². The highest BCUT2D eigenvalue weighted by atomic mass is 19.1. The molecule has 0 saturated carbocycles. The topological polar surface area (TPSA) is 57.1 Å². The lowest BCUT2D eigenvalue weighted by Gasteiger charge is -2.39. The van der Waals surface area contributed by atoms with Gasteiger partial charge in [-0.1, -0.05) is 26.0 Å². The molecule has 2 N–H and O–H groups in total. The van der Waals surface area contributed by atoms with Crippen molar-refractivity contribution in [3.8, 4) is 0 Å². The van der Waals surface area contributed by atoms with Crippen LogP contribution in [0.25, 0.3) is 0 Å². The number of benzene rings is 1. The molecule has 0 amide bonds. The summed E-state index contributed by atoms with van der Waals surface area (Å²) in [6.07, 6.45) is -0.0856. The zero-order valence-electron chi connectivity index (χ0n) is 15.6. The Hall–Kier alpha value is -1.66. The first kappa shape index (κ1) is 19.7. The average Bonchev–Trinajstić information content (AvgIpc) is 2.58. The number of nitrogens with zero attached hydrogens (tertiary/aromatic N) is 2. The number of hydrogen-bond acceptors (Lipinski definition) is 3. The van der Waals surface area contributed by atoms with Crippen LogP contribution in [0, 0.1) is 11.2 Å². The number of morpholine rings is 1. The number of aliphatic imine (C=N–C) groups is 1. The molecule has 6 heteroatoms. The molecule has 0 radical (unpaired) electrons. The van der Waals surface area contributed by atoms with E-state index in [0.717, 1.165) is 24.6 Å². The third-order valence-corrected chi connectivity index (χ3v) is 4.22. The van der Waals surface area contributed by atoms with E-state index in [1.807, 2.05) is 27.7 Å². The highest BCUT2D eigenvalue weighted by Crippen LogP contribution is 2.25. The molecule has 1 aliphatic rings. The van der Waals surface area contributed by atoms with Crippen LogP contribution in [0.1, 0.15) is 39.4 Å². The molecule has 2 atom stereocenters. The molecule has 2 unspecified atom stereocenters. The third-order valence-electron chi connectivity index (χ3n) is 4.22. The number of aliphatic hydroxyl groups is 1. The van der Waals surface area contributed by atoms with E-state index in [9.17, 15) is 9.50 Å². The maximum Gasteiger partial charge on any atom is 0.194 e. The Labute approximate surface area is 149 Å².